The molecule has 5 nitrogen and oxygen atoms in total. The van der Waals surface area contributed by atoms with Gasteiger partial charge in [0.05, 0.1) is 17.7 Å². The van der Waals surface area contributed by atoms with Crippen molar-refractivity contribution in [3.05, 3.63) is 28.2 Å². The van der Waals surface area contributed by atoms with Gasteiger partial charge in [-0.05, 0) is 18.6 Å². The molecule has 0 fully saturated rings. The molecule has 0 aliphatic heterocycles. The molecule has 0 aliphatic carbocycles. The maximum Gasteiger partial charge on any atom is 0.257 e. The molecule has 0 heterocycles. The second-order valence-electron chi connectivity index (χ2n) is 4.11. The van der Waals surface area contributed by atoms with E-state index in [2.05, 4.69) is 5.32 Å². The van der Waals surface area contributed by atoms with Crippen molar-refractivity contribution in [2.75, 3.05) is 26.9 Å². The summed E-state index contributed by atoms with van der Waals surface area (Å²) in [5, 5.41) is 12.9. The predicted octanol–water partition coefficient (Wildman–Crippen LogP) is 1.89. The second kappa shape index (κ2) is 9.02. The molecule has 1 rings (SSSR count). The molecule has 20 heavy (non-hydrogen) atoms. The van der Waals surface area contributed by atoms with Crippen LogP contribution in [0.2, 0.25) is 10.0 Å². The Bertz CT molecular complexity index is 442. The smallest absolute Gasteiger partial charge is 0.257 e. The number of amides is 1. The van der Waals surface area contributed by atoms with Gasteiger partial charge in [-0.3, -0.25) is 4.79 Å². The van der Waals surface area contributed by atoms with Gasteiger partial charge in [0.25, 0.3) is 5.91 Å². The van der Waals surface area contributed by atoms with Crippen LogP contribution in [0.1, 0.15) is 6.42 Å². The Kier molecular flexibility index (Phi) is 7.69. The van der Waals surface area contributed by atoms with Crippen molar-refractivity contribution in [2.45, 2.75) is 12.5 Å². The Balaban J connectivity index is 2.28. The molecular weight excluding hydrogens is 305 g/mol. The molecule has 0 saturated carbocycles. The number of benzene rings is 1. The van der Waals surface area contributed by atoms with Crippen LogP contribution in [0, 0.1) is 0 Å². The van der Waals surface area contributed by atoms with E-state index in [0.717, 1.165) is 0 Å². The monoisotopic (exact) mass is 321 g/mol. The first-order valence-electron chi connectivity index (χ1n) is 6.04. The fraction of sp³-hybridized carbons (Fsp3) is 0.462. The van der Waals surface area contributed by atoms with Crippen molar-refractivity contribution < 1.29 is 19.4 Å². The lowest BCUT2D eigenvalue weighted by molar-refractivity contribution is -0.123. The molecule has 0 spiro atoms. The zero-order valence-electron chi connectivity index (χ0n) is 11.1. The van der Waals surface area contributed by atoms with Gasteiger partial charge in [-0.2, -0.15) is 0 Å². The minimum atomic E-state index is -0.594. The van der Waals surface area contributed by atoms with Crippen molar-refractivity contribution >= 4 is 29.1 Å². The van der Waals surface area contributed by atoms with E-state index < -0.39 is 6.10 Å². The van der Waals surface area contributed by atoms with Gasteiger partial charge in [-0.15, -0.1) is 0 Å². The highest BCUT2D eigenvalue weighted by Crippen LogP contribution is 2.27. The molecule has 112 valence electrons. The molecular formula is C13H17Cl2NO4. The van der Waals surface area contributed by atoms with E-state index in [1.54, 1.807) is 18.2 Å². The van der Waals surface area contributed by atoms with Crippen LogP contribution in [0.5, 0.6) is 5.75 Å². The highest BCUT2D eigenvalue weighted by Gasteiger charge is 2.08. The molecule has 7 heteroatoms. The highest BCUT2D eigenvalue weighted by atomic mass is 35.5. The van der Waals surface area contributed by atoms with Crippen molar-refractivity contribution in [3.63, 3.8) is 0 Å². The zero-order chi connectivity index (χ0) is 15.0. The largest absolute Gasteiger partial charge is 0.482 e. The van der Waals surface area contributed by atoms with Crippen molar-refractivity contribution in [2.24, 2.45) is 0 Å². The van der Waals surface area contributed by atoms with Gasteiger partial charge in [0.1, 0.15) is 5.75 Å². The number of methoxy groups -OCH3 is 1. The number of carbonyl (C=O) groups excluding carboxylic acids is 1. The number of halogens is 2. The third kappa shape index (κ3) is 6.43. The van der Waals surface area contributed by atoms with Crippen LogP contribution in [0.15, 0.2) is 18.2 Å². The normalized spacial score (nSPS) is 12.0. The number of carbonyl (C=O) groups is 1. The molecule has 0 bridgehead atoms. The van der Waals surface area contributed by atoms with Crippen LogP contribution < -0.4 is 10.1 Å². The summed E-state index contributed by atoms with van der Waals surface area (Å²) in [7, 11) is 1.50. The van der Waals surface area contributed by atoms with Crippen molar-refractivity contribution in [3.8, 4) is 5.75 Å². The lowest BCUT2D eigenvalue weighted by Gasteiger charge is -2.11. The number of aliphatic hydroxyl groups is 1. The van der Waals surface area contributed by atoms with Crippen LogP contribution in [0.3, 0.4) is 0 Å². The zero-order valence-corrected chi connectivity index (χ0v) is 12.6. The molecule has 1 amide bonds. The van der Waals surface area contributed by atoms with Crippen LogP contribution in [-0.4, -0.2) is 44.0 Å². The maximum atomic E-state index is 11.5. The SMILES string of the molecule is COCC(O)CCNC(=O)COc1cc(Cl)ccc1Cl. The number of hydrogen-bond donors (Lipinski definition) is 2. The van der Waals surface area contributed by atoms with Gasteiger partial charge in [-0.25, -0.2) is 0 Å². The van der Waals surface area contributed by atoms with Crippen molar-refractivity contribution in [1.82, 2.24) is 5.32 Å². The van der Waals surface area contributed by atoms with E-state index in [0.29, 0.717) is 28.8 Å². The Morgan fingerprint density at radius 3 is 2.90 bits per heavy atom. The lowest BCUT2D eigenvalue weighted by Crippen LogP contribution is -2.32. The third-order valence-corrected chi connectivity index (χ3v) is 2.96. The van der Waals surface area contributed by atoms with E-state index in [9.17, 15) is 9.90 Å². The van der Waals surface area contributed by atoms with E-state index >= 15 is 0 Å². The molecule has 0 aromatic heterocycles. The standard InChI is InChI=1S/C13H17Cl2NO4/c1-19-7-10(17)4-5-16-13(18)8-20-12-6-9(14)2-3-11(12)15/h2-3,6,10,17H,4-5,7-8H2,1H3,(H,16,18). The first-order valence-corrected chi connectivity index (χ1v) is 6.80. The number of aliphatic hydroxyl groups excluding tert-OH is 1. The van der Waals surface area contributed by atoms with Crippen LogP contribution in [-0.2, 0) is 9.53 Å². The quantitative estimate of drug-likeness (QED) is 0.767. The molecule has 1 atom stereocenters. The van der Waals surface area contributed by atoms with Crippen LogP contribution in [0.4, 0.5) is 0 Å². The lowest BCUT2D eigenvalue weighted by atomic mass is 10.2. The summed E-state index contributed by atoms with van der Waals surface area (Å²) in [6, 6.07) is 4.77. The summed E-state index contributed by atoms with van der Waals surface area (Å²) in [5.74, 6) is 0.0550. The number of ether oxygens (including phenoxy) is 2. The third-order valence-electron chi connectivity index (χ3n) is 2.41. The van der Waals surface area contributed by atoms with E-state index in [1.807, 2.05) is 0 Å². The summed E-state index contributed by atoms with van der Waals surface area (Å²) in [6.07, 6.45) is -0.180. The topological polar surface area (TPSA) is 67.8 Å². The fourth-order valence-corrected chi connectivity index (χ4v) is 1.77. The molecule has 0 saturated heterocycles. The van der Waals surface area contributed by atoms with Gasteiger partial charge < -0.3 is 19.9 Å². The molecule has 1 aromatic rings. The number of hydrogen-bond acceptors (Lipinski definition) is 4. The van der Waals surface area contributed by atoms with E-state index in [1.165, 1.54) is 7.11 Å². The van der Waals surface area contributed by atoms with Gasteiger partial charge in [0.2, 0.25) is 0 Å². The van der Waals surface area contributed by atoms with Crippen LogP contribution in [0.25, 0.3) is 0 Å². The number of nitrogens with one attached hydrogen (secondary N) is 1. The average molecular weight is 322 g/mol. The maximum absolute atomic E-state index is 11.5. The summed E-state index contributed by atoms with van der Waals surface area (Å²) < 4.78 is 10.0. The second-order valence-corrected chi connectivity index (χ2v) is 4.95. The fourth-order valence-electron chi connectivity index (χ4n) is 1.44. The van der Waals surface area contributed by atoms with Gasteiger partial charge in [0, 0.05) is 24.7 Å². The Morgan fingerprint density at radius 2 is 2.20 bits per heavy atom. The minimum Gasteiger partial charge on any atom is -0.482 e. The summed E-state index contributed by atoms with van der Waals surface area (Å²) in [6.45, 7) is 0.418. The van der Waals surface area contributed by atoms with Gasteiger partial charge in [-0.1, -0.05) is 23.2 Å². The van der Waals surface area contributed by atoms with E-state index in [4.69, 9.17) is 32.7 Å². The molecule has 0 radical (unpaired) electrons. The summed E-state index contributed by atoms with van der Waals surface area (Å²) >= 11 is 11.7. The van der Waals surface area contributed by atoms with Gasteiger partial charge in [0.15, 0.2) is 6.61 Å². The summed E-state index contributed by atoms with van der Waals surface area (Å²) in [4.78, 5) is 11.5. The Hall–Kier alpha value is -1.01. The Morgan fingerprint density at radius 1 is 1.45 bits per heavy atom. The minimum absolute atomic E-state index is 0.166. The molecule has 1 aromatic carbocycles. The molecule has 2 N–H and O–H groups in total. The average Bonchev–Trinajstić information content (AvgIpc) is 2.40. The van der Waals surface area contributed by atoms with E-state index in [-0.39, 0.29) is 19.1 Å². The van der Waals surface area contributed by atoms with Crippen LogP contribution >= 0.6 is 23.2 Å². The predicted molar refractivity (Wildman–Crippen MR) is 77.5 cm³/mol. The summed E-state index contributed by atoms with van der Waals surface area (Å²) in [5.41, 5.74) is 0. The first kappa shape index (κ1) is 17.0. The first-order chi connectivity index (χ1) is 9.52. The highest BCUT2D eigenvalue weighted by molar-refractivity contribution is 6.34. The molecule has 0 aliphatic rings. The molecule has 1 unspecified atom stereocenters. The van der Waals surface area contributed by atoms with Gasteiger partial charge >= 0.3 is 0 Å². The van der Waals surface area contributed by atoms with Crippen molar-refractivity contribution in [1.29, 1.82) is 0 Å². The Labute approximate surface area is 127 Å². The number of rotatable bonds is 8.